The van der Waals surface area contributed by atoms with Crippen molar-refractivity contribution in [2.24, 2.45) is 11.1 Å². The SMILES string of the molecule is CC1(C)C(N)CC1(F)c1sccc1Cl. The van der Waals surface area contributed by atoms with E-state index in [9.17, 15) is 4.39 Å². The molecule has 0 aliphatic heterocycles. The molecule has 0 radical (unpaired) electrons. The van der Waals surface area contributed by atoms with Crippen LogP contribution in [0, 0.1) is 5.41 Å². The van der Waals surface area contributed by atoms with Crippen molar-refractivity contribution in [1.29, 1.82) is 0 Å². The Morgan fingerprint density at radius 1 is 1.64 bits per heavy atom. The monoisotopic (exact) mass is 233 g/mol. The fourth-order valence-corrected chi connectivity index (χ4v) is 3.42. The van der Waals surface area contributed by atoms with Crippen LogP contribution in [0.3, 0.4) is 0 Å². The van der Waals surface area contributed by atoms with Gasteiger partial charge in [-0.15, -0.1) is 11.3 Å². The summed E-state index contributed by atoms with van der Waals surface area (Å²) in [6.45, 7) is 3.72. The number of halogens is 2. The summed E-state index contributed by atoms with van der Waals surface area (Å²) in [5, 5.41) is 2.34. The van der Waals surface area contributed by atoms with Crippen molar-refractivity contribution >= 4 is 22.9 Å². The summed E-state index contributed by atoms with van der Waals surface area (Å²) < 4.78 is 14.6. The van der Waals surface area contributed by atoms with Crippen LogP contribution in [0.5, 0.6) is 0 Å². The molecule has 1 nitrogen and oxygen atoms in total. The lowest BCUT2D eigenvalue weighted by atomic mass is 9.56. The van der Waals surface area contributed by atoms with Crippen LogP contribution in [0.2, 0.25) is 5.02 Å². The summed E-state index contributed by atoms with van der Waals surface area (Å²) >= 11 is 7.32. The first-order chi connectivity index (χ1) is 6.39. The van der Waals surface area contributed by atoms with E-state index in [-0.39, 0.29) is 6.04 Å². The van der Waals surface area contributed by atoms with Crippen molar-refractivity contribution in [1.82, 2.24) is 0 Å². The second-order valence-corrected chi connectivity index (χ2v) is 5.75. The van der Waals surface area contributed by atoms with Crippen LogP contribution >= 0.6 is 22.9 Å². The Bertz CT molecular complexity index is 363. The number of hydrogen-bond donors (Lipinski definition) is 1. The Kier molecular flexibility index (Phi) is 2.18. The van der Waals surface area contributed by atoms with Gasteiger partial charge in [-0.2, -0.15) is 0 Å². The molecule has 4 heteroatoms. The molecule has 0 spiro atoms. The summed E-state index contributed by atoms with van der Waals surface area (Å²) in [5.74, 6) is 0. The first kappa shape index (κ1) is 10.4. The summed E-state index contributed by atoms with van der Waals surface area (Å²) in [6.07, 6.45) is 0.375. The molecule has 2 unspecified atom stereocenters. The molecule has 2 atom stereocenters. The maximum atomic E-state index is 14.6. The molecule has 2 rings (SSSR count). The summed E-state index contributed by atoms with van der Waals surface area (Å²) in [5.41, 5.74) is 3.96. The number of rotatable bonds is 1. The van der Waals surface area contributed by atoms with E-state index in [4.69, 9.17) is 17.3 Å². The van der Waals surface area contributed by atoms with E-state index in [0.717, 1.165) is 0 Å². The van der Waals surface area contributed by atoms with Gasteiger partial charge < -0.3 is 5.73 Å². The molecule has 1 aliphatic carbocycles. The molecule has 1 saturated carbocycles. The molecule has 1 fully saturated rings. The van der Waals surface area contributed by atoms with Gasteiger partial charge in [0.1, 0.15) is 0 Å². The van der Waals surface area contributed by atoms with E-state index >= 15 is 0 Å². The van der Waals surface area contributed by atoms with E-state index in [0.29, 0.717) is 16.3 Å². The lowest BCUT2D eigenvalue weighted by molar-refractivity contribution is -0.105. The van der Waals surface area contributed by atoms with E-state index in [1.54, 1.807) is 6.07 Å². The van der Waals surface area contributed by atoms with Crippen LogP contribution in [0.15, 0.2) is 11.4 Å². The van der Waals surface area contributed by atoms with Gasteiger partial charge in [0, 0.05) is 17.9 Å². The molecule has 0 bridgehead atoms. The molecule has 1 heterocycles. The lowest BCUT2D eigenvalue weighted by Gasteiger charge is -2.54. The number of thiophene rings is 1. The predicted octanol–water partition coefficient (Wildman–Crippen LogP) is 3.32. The number of alkyl halides is 1. The maximum absolute atomic E-state index is 14.6. The minimum absolute atomic E-state index is 0.0781. The smallest absolute Gasteiger partial charge is 0.154 e. The molecule has 1 aromatic heterocycles. The zero-order valence-corrected chi connectivity index (χ0v) is 9.75. The average molecular weight is 234 g/mol. The van der Waals surface area contributed by atoms with Crippen LogP contribution in [-0.2, 0) is 5.67 Å². The Hall–Kier alpha value is -0.120. The van der Waals surface area contributed by atoms with Gasteiger partial charge in [0.05, 0.1) is 9.90 Å². The maximum Gasteiger partial charge on any atom is 0.154 e. The standard InChI is InChI=1S/C10H13ClFNS/c1-9(2)7(13)5-10(9,12)8-6(11)3-4-14-8/h3-4,7H,5,13H2,1-2H3. The van der Waals surface area contributed by atoms with Crippen LogP contribution in [0.4, 0.5) is 4.39 Å². The first-order valence-corrected chi connectivity index (χ1v) is 5.83. The highest BCUT2D eigenvalue weighted by Gasteiger charge is 2.61. The zero-order chi connectivity index (χ0) is 10.6. The average Bonchev–Trinajstić information content (AvgIpc) is 2.51. The van der Waals surface area contributed by atoms with Gasteiger partial charge in [-0.25, -0.2) is 4.39 Å². The molecule has 14 heavy (non-hydrogen) atoms. The van der Waals surface area contributed by atoms with Crippen molar-refractivity contribution in [2.45, 2.75) is 32.0 Å². The second kappa shape index (κ2) is 2.94. The summed E-state index contributed by atoms with van der Waals surface area (Å²) in [6, 6.07) is 1.66. The van der Waals surface area contributed by atoms with Crippen LogP contribution in [0.25, 0.3) is 0 Å². The fourth-order valence-electron chi connectivity index (χ4n) is 1.95. The largest absolute Gasteiger partial charge is 0.327 e. The van der Waals surface area contributed by atoms with Crippen molar-refractivity contribution < 1.29 is 4.39 Å². The number of hydrogen-bond acceptors (Lipinski definition) is 2. The minimum atomic E-state index is -1.34. The van der Waals surface area contributed by atoms with Gasteiger partial charge >= 0.3 is 0 Å². The Morgan fingerprint density at radius 3 is 2.64 bits per heavy atom. The van der Waals surface area contributed by atoms with Crippen LogP contribution in [-0.4, -0.2) is 6.04 Å². The molecule has 0 saturated heterocycles. The van der Waals surface area contributed by atoms with E-state index in [1.165, 1.54) is 11.3 Å². The molecule has 0 amide bonds. The summed E-state index contributed by atoms with van der Waals surface area (Å²) in [4.78, 5) is 0.630. The van der Waals surface area contributed by atoms with Gasteiger partial charge in [0.2, 0.25) is 0 Å². The van der Waals surface area contributed by atoms with Gasteiger partial charge in [-0.05, 0) is 11.4 Å². The van der Waals surface area contributed by atoms with E-state index in [2.05, 4.69) is 0 Å². The molecule has 1 aliphatic rings. The highest BCUT2D eigenvalue weighted by molar-refractivity contribution is 7.10. The zero-order valence-electron chi connectivity index (χ0n) is 8.18. The third kappa shape index (κ3) is 1.09. The first-order valence-electron chi connectivity index (χ1n) is 4.57. The highest BCUT2D eigenvalue weighted by Crippen LogP contribution is 2.60. The van der Waals surface area contributed by atoms with E-state index < -0.39 is 11.1 Å². The molecule has 78 valence electrons. The molecule has 0 aromatic carbocycles. The molecule has 1 aromatic rings. The quantitative estimate of drug-likeness (QED) is 0.791. The fraction of sp³-hybridized carbons (Fsp3) is 0.600. The van der Waals surface area contributed by atoms with Crippen LogP contribution < -0.4 is 5.73 Å². The Labute approximate surface area is 92.1 Å². The van der Waals surface area contributed by atoms with Crippen LogP contribution in [0.1, 0.15) is 25.1 Å². The van der Waals surface area contributed by atoms with Gasteiger partial charge in [0.15, 0.2) is 5.67 Å². The molecular formula is C10H13ClFNS. The molecular weight excluding hydrogens is 221 g/mol. The second-order valence-electron chi connectivity index (χ2n) is 4.43. The predicted molar refractivity (Wildman–Crippen MR) is 58.5 cm³/mol. The van der Waals surface area contributed by atoms with Crippen molar-refractivity contribution in [3.63, 3.8) is 0 Å². The van der Waals surface area contributed by atoms with Gasteiger partial charge in [-0.3, -0.25) is 0 Å². The minimum Gasteiger partial charge on any atom is -0.327 e. The normalized spacial score (nSPS) is 35.4. The Morgan fingerprint density at radius 2 is 2.29 bits per heavy atom. The molecule has 2 N–H and O–H groups in total. The van der Waals surface area contributed by atoms with Gasteiger partial charge in [0.25, 0.3) is 0 Å². The van der Waals surface area contributed by atoms with E-state index in [1.807, 2.05) is 19.2 Å². The van der Waals surface area contributed by atoms with Gasteiger partial charge in [-0.1, -0.05) is 25.4 Å². The summed E-state index contributed by atoms with van der Waals surface area (Å²) in [7, 11) is 0. The topological polar surface area (TPSA) is 26.0 Å². The third-order valence-electron chi connectivity index (χ3n) is 3.43. The highest BCUT2D eigenvalue weighted by atomic mass is 35.5. The lowest BCUT2D eigenvalue weighted by Crippen LogP contribution is -2.62. The number of nitrogens with two attached hydrogens (primary N) is 1. The van der Waals surface area contributed by atoms with Crippen molar-refractivity contribution in [3.8, 4) is 0 Å². The van der Waals surface area contributed by atoms with Crippen molar-refractivity contribution in [3.05, 3.63) is 21.3 Å². The van der Waals surface area contributed by atoms with Crippen molar-refractivity contribution in [2.75, 3.05) is 0 Å². The Balaban J connectivity index is 2.41. The third-order valence-corrected chi connectivity index (χ3v) is 4.90.